The van der Waals surface area contributed by atoms with E-state index in [1.807, 2.05) is 29.2 Å². The Balaban J connectivity index is 1.64. The van der Waals surface area contributed by atoms with E-state index in [4.69, 9.17) is 23.2 Å². The molecule has 32 heavy (non-hydrogen) atoms. The van der Waals surface area contributed by atoms with Gasteiger partial charge in [-0.05, 0) is 59.4 Å². The number of carboxylic acids is 1. The first kappa shape index (κ1) is 23.4. The molecule has 1 atom stereocenters. The van der Waals surface area contributed by atoms with Crippen molar-refractivity contribution in [1.82, 2.24) is 15.1 Å². The van der Waals surface area contributed by atoms with Crippen molar-refractivity contribution in [2.45, 2.75) is 42.5 Å². The van der Waals surface area contributed by atoms with Crippen molar-refractivity contribution in [2.24, 2.45) is 5.92 Å². The molecule has 10 heteroatoms. The van der Waals surface area contributed by atoms with Crippen molar-refractivity contribution in [3.63, 3.8) is 0 Å². The summed E-state index contributed by atoms with van der Waals surface area (Å²) in [6.07, 6.45) is 2.26. The second kappa shape index (κ2) is 10.5. The van der Waals surface area contributed by atoms with E-state index in [1.54, 1.807) is 12.1 Å². The molecule has 2 aliphatic rings. The van der Waals surface area contributed by atoms with E-state index >= 15 is 0 Å². The van der Waals surface area contributed by atoms with Crippen molar-refractivity contribution in [3.8, 4) is 0 Å². The van der Waals surface area contributed by atoms with Crippen LogP contribution in [0.5, 0.6) is 0 Å². The number of Topliss-reactive ketones (excluding diaryl/α,β-unsaturated/α-hetero) is 1. The Labute approximate surface area is 204 Å². The summed E-state index contributed by atoms with van der Waals surface area (Å²) in [5.74, 6) is -0.904. The number of hydrogen-bond acceptors (Lipinski definition) is 7. The fraction of sp³-hybridized carbons (Fsp3) is 0.364. The van der Waals surface area contributed by atoms with E-state index in [0.29, 0.717) is 46.0 Å². The predicted molar refractivity (Wildman–Crippen MR) is 128 cm³/mol. The number of allylic oxidation sites excluding steroid dienone is 1. The molecule has 0 bridgehead atoms. The predicted octanol–water partition coefficient (Wildman–Crippen LogP) is 5.51. The third-order valence-corrected chi connectivity index (χ3v) is 8.68. The number of ketones is 1. The minimum absolute atomic E-state index is 0.0129. The lowest BCUT2D eigenvalue weighted by Crippen LogP contribution is -2.38. The van der Waals surface area contributed by atoms with Gasteiger partial charge in [0, 0.05) is 29.3 Å². The topological polar surface area (TPSA) is 83.4 Å². The highest BCUT2D eigenvalue weighted by Crippen LogP contribution is 2.45. The van der Waals surface area contributed by atoms with Crippen molar-refractivity contribution in [3.05, 3.63) is 63.4 Å². The Morgan fingerprint density at radius 2 is 1.88 bits per heavy atom. The molecule has 1 fully saturated rings. The Hall–Kier alpha value is -1.74. The van der Waals surface area contributed by atoms with Crippen LogP contribution in [0.25, 0.3) is 0 Å². The molecule has 1 aromatic carbocycles. The SMILES string of the molecule is O=C(O)CC1=C(C(=O)C2CC2)N(Cc2ccccc2Cl)CCC1SSc1ccc(Cl)nn1. The van der Waals surface area contributed by atoms with Crippen LogP contribution in [0.2, 0.25) is 10.2 Å². The van der Waals surface area contributed by atoms with Gasteiger partial charge in [0.05, 0.1) is 12.1 Å². The number of rotatable bonds is 9. The highest BCUT2D eigenvalue weighted by molar-refractivity contribution is 8.77. The first-order chi connectivity index (χ1) is 15.4. The van der Waals surface area contributed by atoms with Crippen LogP contribution in [0.15, 0.2) is 52.7 Å². The van der Waals surface area contributed by atoms with E-state index in [9.17, 15) is 14.7 Å². The number of carbonyl (C=O) groups excluding carboxylic acids is 1. The fourth-order valence-electron chi connectivity index (χ4n) is 3.68. The first-order valence-corrected chi connectivity index (χ1v) is 13.2. The summed E-state index contributed by atoms with van der Waals surface area (Å²) in [6, 6.07) is 11.0. The molecule has 1 aliphatic heterocycles. The van der Waals surface area contributed by atoms with Crippen LogP contribution >= 0.6 is 44.8 Å². The van der Waals surface area contributed by atoms with Gasteiger partial charge in [-0.15, -0.1) is 10.2 Å². The van der Waals surface area contributed by atoms with Gasteiger partial charge in [0.25, 0.3) is 0 Å². The molecule has 168 valence electrons. The molecule has 2 aromatic rings. The molecule has 1 unspecified atom stereocenters. The molecule has 1 aromatic heterocycles. The lowest BCUT2D eigenvalue weighted by molar-refractivity contribution is -0.136. The molecule has 1 saturated carbocycles. The average molecular weight is 510 g/mol. The first-order valence-electron chi connectivity index (χ1n) is 10.2. The van der Waals surface area contributed by atoms with E-state index in [0.717, 1.165) is 18.4 Å². The van der Waals surface area contributed by atoms with E-state index in [2.05, 4.69) is 10.2 Å². The summed E-state index contributed by atoms with van der Waals surface area (Å²) in [5, 5.41) is 19.1. The molecule has 0 amide bonds. The summed E-state index contributed by atoms with van der Waals surface area (Å²) < 4.78 is 0. The maximum Gasteiger partial charge on any atom is 0.307 e. The minimum Gasteiger partial charge on any atom is -0.481 e. The number of carbonyl (C=O) groups is 2. The van der Waals surface area contributed by atoms with Gasteiger partial charge in [-0.25, -0.2) is 0 Å². The summed E-state index contributed by atoms with van der Waals surface area (Å²) >= 11 is 12.2. The normalized spacial score (nSPS) is 18.7. The highest BCUT2D eigenvalue weighted by Gasteiger charge is 2.39. The molecule has 0 saturated heterocycles. The molecule has 0 spiro atoms. The van der Waals surface area contributed by atoms with Gasteiger partial charge in [-0.1, -0.05) is 52.2 Å². The second-order valence-corrected chi connectivity index (χ2v) is 11.0. The molecule has 2 heterocycles. The van der Waals surface area contributed by atoms with Crippen LogP contribution < -0.4 is 0 Å². The van der Waals surface area contributed by atoms with Crippen molar-refractivity contribution in [2.75, 3.05) is 6.54 Å². The number of nitrogens with zero attached hydrogens (tertiary/aromatic N) is 3. The van der Waals surface area contributed by atoms with Gasteiger partial charge in [0.1, 0.15) is 5.03 Å². The Bertz CT molecular complexity index is 1040. The molecule has 6 nitrogen and oxygen atoms in total. The van der Waals surface area contributed by atoms with Crippen molar-refractivity contribution >= 4 is 56.5 Å². The van der Waals surface area contributed by atoms with Gasteiger partial charge in [-0.3, -0.25) is 9.59 Å². The minimum atomic E-state index is -0.942. The number of halogens is 2. The van der Waals surface area contributed by atoms with Crippen LogP contribution in [-0.4, -0.2) is 43.8 Å². The van der Waals surface area contributed by atoms with Crippen molar-refractivity contribution < 1.29 is 14.7 Å². The number of aromatic nitrogens is 2. The monoisotopic (exact) mass is 509 g/mol. The van der Waals surface area contributed by atoms with Gasteiger partial charge >= 0.3 is 5.97 Å². The number of aliphatic carboxylic acids is 1. The zero-order valence-corrected chi connectivity index (χ0v) is 20.2. The smallest absolute Gasteiger partial charge is 0.307 e. The van der Waals surface area contributed by atoms with Gasteiger partial charge in [0.15, 0.2) is 10.9 Å². The molecule has 4 rings (SSSR count). The van der Waals surface area contributed by atoms with Gasteiger partial charge in [0.2, 0.25) is 0 Å². The third-order valence-electron chi connectivity index (χ3n) is 5.37. The van der Waals surface area contributed by atoms with Crippen LogP contribution in [0.1, 0.15) is 31.2 Å². The Kier molecular flexibility index (Phi) is 7.66. The number of benzene rings is 1. The molecular weight excluding hydrogens is 489 g/mol. The quantitative estimate of drug-likeness (QED) is 0.443. The van der Waals surface area contributed by atoms with E-state index in [-0.39, 0.29) is 23.4 Å². The van der Waals surface area contributed by atoms with Gasteiger partial charge in [-0.2, -0.15) is 0 Å². The number of carboxylic acid groups (broad SMARTS) is 1. The molecule has 1 N–H and O–H groups in total. The maximum absolute atomic E-state index is 13.3. The molecule has 1 aliphatic carbocycles. The van der Waals surface area contributed by atoms with Crippen LogP contribution in [0.4, 0.5) is 0 Å². The lowest BCUT2D eigenvalue weighted by atomic mass is 9.94. The molecular formula is C22H21Cl2N3O3S2. The standard InChI is InChI=1S/C22H21Cl2N3O3S2/c23-16-4-2-1-3-14(16)12-27-10-9-17(31-32-19-8-7-18(24)25-26-19)15(11-20(28)29)21(27)22(30)13-5-6-13/h1-4,7-8,13,17H,5-6,9-12H2,(H,28,29). The Morgan fingerprint density at radius 3 is 2.53 bits per heavy atom. The van der Waals surface area contributed by atoms with Crippen LogP contribution in [0.3, 0.4) is 0 Å². The van der Waals surface area contributed by atoms with Crippen molar-refractivity contribution in [1.29, 1.82) is 0 Å². The van der Waals surface area contributed by atoms with Crippen LogP contribution in [-0.2, 0) is 16.1 Å². The Morgan fingerprint density at radius 1 is 1.09 bits per heavy atom. The van der Waals surface area contributed by atoms with Gasteiger partial charge < -0.3 is 10.0 Å². The molecule has 0 radical (unpaired) electrons. The summed E-state index contributed by atoms with van der Waals surface area (Å²) in [4.78, 5) is 27.1. The second-order valence-electron chi connectivity index (χ2n) is 7.75. The lowest BCUT2D eigenvalue weighted by Gasteiger charge is -2.37. The van der Waals surface area contributed by atoms with E-state index < -0.39 is 5.97 Å². The zero-order valence-electron chi connectivity index (χ0n) is 17.0. The fourth-order valence-corrected chi connectivity index (χ4v) is 6.45. The van der Waals surface area contributed by atoms with E-state index in [1.165, 1.54) is 21.6 Å². The average Bonchev–Trinajstić information content (AvgIpc) is 3.61. The summed E-state index contributed by atoms with van der Waals surface area (Å²) in [6.45, 7) is 1.12. The largest absolute Gasteiger partial charge is 0.481 e. The maximum atomic E-state index is 13.3. The summed E-state index contributed by atoms with van der Waals surface area (Å²) in [5.41, 5.74) is 2.15. The zero-order chi connectivity index (χ0) is 22.7. The van der Waals surface area contributed by atoms with Crippen LogP contribution in [0, 0.1) is 5.92 Å². The highest BCUT2D eigenvalue weighted by atomic mass is 35.5. The third kappa shape index (κ3) is 5.78. The summed E-state index contributed by atoms with van der Waals surface area (Å²) in [7, 11) is 2.93. The number of hydrogen-bond donors (Lipinski definition) is 1.